The zero-order valence-corrected chi connectivity index (χ0v) is 12.4. The van der Waals surface area contributed by atoms with Gasteiger partial charge in [0.1, 0.15) is 0 Å². The number of halogens is 1. The van der Waals surface area contributed by atoms with Gasteiger partial charge < -0.3 is 5.11 Å². The molecule has 0 saturated heterocycles. The van der Waals surface area contributed by atoms with Crippen LogP contribution >= 0.6 is 15.9 Å². The van der Waals surface area contributed by atoms with E-state index in [-0.39, 0.29) is 5.41 Å². The molecule has 1 aliphatic carbocycles. The topological polar surface area (TPSA) is 20.2 Å². The van der Waals surface area contributed by atoms with Gasteiger partial charge in [-0.05, 0) is 30.1 Å². The predicted octanol–water partition coefficient (Wildman–Crippen LogP) is 4.23. The van der Waals surface area contributed by atoms with Crippen LogP contribution in [0.1, 0.15) is 25.8 Å². The lowest BCUT2D eigenvalue weighted by Gasteiger charge is -2.34. The van der Waals surface area contributed by atoms with E-state index in [1.165, 1.54) is 11.1 Å². The van der Waals surface area contributed by atoms with Gasteiger partial charge in [0.15, 0.2) is 0 Å². The zero-order valence-electron chi connectivity index (χ0n) is 10.9. The number of aliphatic hydroxyl groups excluding tert-OH is 1. The molecule has 96 valence electrons. The maximum Gasteiger partial charge on any atom is 0.0942 e. The highest BCUT2D eigenvalue weighted by atomic mass is 79.9. The number of allylic oxidation sites excluding steroid dienone is 2. The standard InChI is InChI=1S/C16H19BrO/c1-3-16(2)11-13(10-14(17)15(16)18)9-12-7-5-4-6-8-12/h4-8,10-11,15,18H,3,9H2,1-2H3. The Morgan fingerprint density at radius 1 is 1.28 bits per heavy atom. The SMILES string of the molecule is CCC1(C)C=C(Cc2ccccc2)C=C(Br)C1O. The van der Waals surface area contributed by atoms with Crippen molar-refractivity contribution >= 4 is 15.9 Å². The molecule has 1 aromatic carbocycles. The molecule has 0 spiro atoms. The zero-order chi connectivity index (χ0) is 13.2. The van der Waals surface area contributed by atoms with E-state index in [0.29, 0.717) is 0 Å². The van der Waals surface area contributed by atoms with Gasteiger partial charge in [-0.1, -0.05) is 66.2 Å². The minimum atomic E-state index is -0.429. The van der Waals surface area contributed by atoms with Gasteiger partial charge in [0.2, 0.25) is 0 Å². The molecule has 2 rings (SSSR count). The molecule has 0 fully saturated rings. The van der Waals surface area contributed by atoms with Crippen LogP contribution in [-0.4, -0.2) is 11.2 Å². The van der Waals surface area contributed by atoms with Crippen molar-refractivity contribution in [3.05, 3.63) is 58.1 Å². The van der Waals surface area contributed by atoms with E-state index in [9.17, 15) is 5.11 Å². The third kappa shape index (κ3) is 2.76. The van der Waals surface area contributed by atoms with Crippen LogP contribution in [0.15, 0.2) is 52.5 Å². The van der Waals surface area contributed by atoms with Gasteiger partial charge >= 0.3 is 0 Å². The number of hydrogen-bond acceptors (Lipinski definition) is 1. The predicted molar refractivity (Wildman–Crippen MR) is 79.6 cm³/mol. The summed E-state index contributed by atoms with van der Waals surface area (Å²) in [6.07, 6.45) is 5.68. The van der Waals surface area contributed by atoms with E-state index in [4.69, 9.17) is 0 Å². The van der Waals surface area contributed by atoms with Gasteiger partial charge in [-0.25, -0.2) is 0 Å². The van der Waals surface area contributed by atoms with Crippen molar-refractivity contribution in [2.75, 3.05) is 0 Å². The summed E-state index contributed by atoms with van der Waals surface area (Å²) in [5.41, 5.74) is 2.40. The van der Waals surface area contributed by atoms with E-state index >= 15 is 0 Å². The van der Waals surface area contributed by atoms with Crippen molar-refractivity contribution in [2.45, 2.75) is 32.8 Å². The maximum absolute atomic E-state index is 10.2. The smallest absolute Gasteiger partial charge is 0.0942 e. The molecule has 0 amide bonds. The van der Waals surface area contributed by atoms with Crippen molar-refractivity contribution in [2.24, 2.45) is 5.41 Å². The summed E-state index contributed by atoms with van der Waals surface area (Å²) in [6, 6.07) is 10.4. The van der Waals surface area contributed by atoms with E-state index < -0.39 is 6.10 Å². The Balaban J connectivity index is 2.26. The number of aliphatic hydroxyl groups is 1. The molecule has 1 N–H and O–H groups in total. The van der Waals surface area contributed by atoms with Crippen LogP contribution in [-0.2, 0) is 6.42 Å². The average molecular weight is 307 g/mol. The normalized spacial score (nSPS) is 27.7. The molecule has 0 radical (unpaired) electrons. The molecular formula is C16H19BrO. The summed E-state index contributed by atoms with van der Waals surface area (Å²) < 4.78 is 0.889. The quantitative estimate of drug-likeness (QED) is 0.886. The Labute approximate surface area is 117 Å². The number of benzene rings is 1. The van der Waals surface area contributed by atoms with Crippen molar-refractivity contribution in [3.63, 3.8) is 0 Å². The lowest BCUT2D eigenvalue weighted by Crippen LogP contribution is -2.32. The summed E-state index contributed by atoms with van der Waals surface area (Å²) in [5, 5.41) is 10.2. The molecule has 0 bridgehead atoms. The molecule has 1 aliphatic rings. The van der Waals surface area contributed by atoms with E-state index in [1.807, 2.05) is 6.07 Å². The third-order valence-electron chi connectivity index (χ3n) is 3.74. The first-order chi connectivity index (χ1) is 8.55. The molecule has 1 aromatic rings. The minimum absolute atomic E-state index is 0.169. The van der Waals surface area contributed by atoms with Crippen LogP contribution < -0.4 is 0 Å². The third-order valence-corrected chi connectivity index (χ3v) is 4.40. The van der Waals surface area contributed by atoms with E-state index in [2.05, 4.69) is 66.2 Å². The molecule has 0 saturated carbocycles. The fraction of sp³-hybridized carbons (Fsp3) is 0.375. The monoisotopic (exact) mass is 306 g/mol. The van der Waals surface area contributed by atoms with Crippen LogP contribution in [0, 0.1) is 5.41 Å². The van der Waals surface area contributed by atoms with Crippen molar-refractivity contribution in [1.82, 2.24) is 0 Å². The number of hydrogen-bond donors (Lipinski definition) is 1. The van der Waals surface area contributed by atoms with Gasteiger partial charge in [-0.3, -0.25) is 0 Å². The Bertz CT molecular complexity index is 475. The van der Waals surface area contributed by atoms with Crippen LogP contribution in [0.25, 0.3) is 0 Å². The highest BCUT2D eigenvalue weighted by Crippen LogP contribution is 2.39. The summed E-state index contributed by atoms with van der Waals surface area (Å²) in [4.78, 5) is 0. The largest absolute Gasteiger partial charge is 0.387 e. The summed E-state index contributed by atoms with van der Waals surface area (Å²) in [5.74, 6) is 0. The van der Waals surface area contributed by atoms with Crippen LogP contribution in [0.2, 0.25) is 0 Å². The first-order valence-electron chi connectivity index (χ1n) is 6.36. The second-order valence-electron chi connectivity index (χ2n) is 5.17. The van der Waals surface area contributed by atoms with E-state index in [1.54, 1.807) is 0 Å². The highest BCUT2D eigenvalue weighted by Gasteiger charge is 2.33. The molecule has 2 atom stereocenters. The molecule has 0 aromatic heterocycles. The summed E-state index contributed by atoms with van der Waals surface area (Å²) >= 11 is 3.49. The van der Waals surface area contributed by atoms with E-state index in [0.717, 1.165) is 17.3 Å². The molecular weight excluding hydrogens is 288 g/mol. The van der Waals surface area contributed by atoms with Crippen LogP contribution in [0.4, 0.5) is 0 Å². The number of rotatable bonds is 3. The van der Waals surface area contributed by atoms with Crippen LogP contribution in [0.5, 0.6) is 0 Å². The maximum atomic E-state index is 10.2. The van der Waals surface area contributed by atoms with Gasteiger partial charge in [-0.15, -0.1) is 0 Å². The molecule has 2 heteroatoms. The second-order valence-corrected chi connectivity index (χ2v) is 6.09. The molecule has 0 heterocycles. The van der Waals surface area contributed by atoms with Crippen LogP contribution in [0.3, 0.4) is 0 Å². The first kappa shape index (κ1) is 13.6. The van der Waals surface area contributed by atoms with Gasteiger partial charge in [-0.2, -0.15) is 0 Å². The van der Waals surface area contributed by atoms with Crippen molar-refractivity contribution in [3.8, 4) is 0 Å². The second kappa shape index (κ2) is 5.41. The Kier molecular flexibility index (Phi) is 4.08. The Morgan fingerprint density at radius 2 is 1.94 bits per heavy atom. The Morgan fingerprint density at radius 3 is 2.56 bits per heavy atom. The van der Waals surface area contributed by atoms with Crippen molar-refractivity contribution < 1.29 is 5.11 Å². The highest BCUT2D eigenvalue weighted by molar-refractivity contribution is 9.11. The van der Waals surface area contributed by atoms with Gasteiger partial charge in [0, 0.05) is 9.90 Å². The molecule has 18 heavy (non-hydrogen) atoms. The lowest BCUT2D eigenvalue weighted by atomic mass is 9.76. The first-order valence-corrected chi connectivity index (χ1v) is 7.15. The summed E-state index contributed by atoms with van der Waals surface area (Å²) in [7, 11) is 0. The minimum Gasteiger partial charge on any atom is -0.387 e. The van der Waals surface area contributed by atoms with Crippen molar-refractivity contribution in [1.29, 1.82) is 0 Å². The molecule has 2 unspecified atom stereocenters. The molecule has 1 nitrogen and oxygen atoms in total. The van der Waals surface area contributed by atoms with Gasteiger partial charge in [0.05, 0.1) is 6.10 Å². The summed E-state index contributed by atoms with van der Waals surface area (Å²) in [6.45, 7) is 4.22. The lowest BCUT2D eigenvalue weighted by molar-refractivity contribution is 0.104. The Hall–Kier alpha value is -0.860. The fourth-order valence-corrected chi connectivity index (χ4v) is 3.16. The average Bonchev–Trinajstić information content (AvgIpc) is 2.37. The molecule has 0 aliphatic heterocycles. The fourth-order valence-electron chi connectivity index (χ4n) is 2.34. The van der Waals surface area contributed by atoms with Gasteiger partial charge in [0.25, 0.3) is 0 Å².